The molecule has 0 bridgehead atoms. The van der Waals surface area contributed by atoms with Gasteiger partial charge in [0.25, 0.3) is 5.91 Å². The van der Waals surface area contributed by atoms with Crippen LogP contribution in [0.15, 0.2) is 79.0 Å². The van der Waals surface area contributed by atoms with Crippen LogP contribution in [0, 0.1) is 6.92 Å². The fourth-order valence-electron chi connectivity index (χ4n) is 5.63. The van der Waals surface area contributed by atoms with E-state index in [0.717, 1.165) is 22.4 Å². The standard InChI is InChI=1S/C31H30N6O4/c1-21-7-6-16-32-25(21)20-35-17-14-31(15-18-35)28(39)36(24-12-10-23(11-13-24)22-8-4-3-5-9-22)30(40)37(31)29-33-26(38)19-27(34-29)41-2/h3-13,16,19H,14-15,17-18,20H2,1-2H3,(H,33,34,38). The quantitative estimate of drug-likeness (QED) is 0.348. The first kappa shape index (κ1) is 26.4. The molecule has 2 aliphatic rings. The van der Waals surface area contributed by atoms with E-state index in [1.165, 1.54) is 23.0 Å². The Balaban J connectivity index is 1.34. The second kappa shape index (κ2) is 10.6. The molecule has 4 aromatic rings. The third kappa shape index (κ3) is 4.76. The van der Waals surface area contributed by atoms with Crippen LogP contribution < -0.4 is 14.5 Å². The van der Waals surface area contributed by atoms with E-state index in [2.05, 4.69) is 19.9 Å². The van der Waals surface area contributed by atoms with E-state index in [-0.39, 0.29) is 23.6 Å². The predicted molar refractivity (Wildman–Crippen MR) is 154 cm³/mol. The van der Waals surface area contributed by atoms with Crippen molar-refractivity contribution in [3.8, 4) is 22.9 Å². The Morgan fingerprint density at radius 3 is 2.32 bits per heavy atom. The van der Waals surface area contributed by atoms with E-state index in [0.29, 0.717) is 38.2 Å². The number of likely N-dealkylation sites (tertiary alicyclic amines) is 1. The van der Waals surface area contributed by atoms with Crippen molar-refractivity contribution in [3.63, 3.8) is 0 Å². The number of carbonyl (C=O) groups is 2. The number of hydrogen-bond acceptors (Lipinski definition) is 8. The molecule has 2 saturated heterocycles. The van der Waals surface area contributed by atoms with Crippen molar-refractivity contribution in [3.05, 3.63) is 90.3 Å². The Kier molecular flexibility index (Phi) is 6.84. The Hall–Kier alpha value is -4.83. The minimum absolute atomic E-state index is 0.0716. The number of anilines is 2. The normalized spacial score (nSPS) is 16.9. The number of carbonyl (C=O) groups excluding carboxylic acids is 2. The maximum atomic E-state index is 14.3. The van der Waals surface area contributed by atoms with Crippen LogP contribution in [-0.4, -0.2) is 62.6 Å². The number of imide groups is 1. The van der Waals surface area contributed by atoms with Crippen LogP contribution in [0.25, 0.3) is 11.1 Å². The van der Waals surface area contributed by atoms with Crippen molar-refractivity contribution in [2.75, 3.05) is 30.0 Å². The van der Waals surface area contributed by atoms with Gasteiger partial charge in [-0.15, -0.1) is 0 Å². The highest BCUT2D eigenvalue weighted by molar-refractivity contribution is 6.30. The number of methoxy groups -OCH3 is 1. The lowest BCUT2D eigenvalue weighted by molar-refractivity contribution is -0.123. The molecule has 0 unspecified atom stereocenters. The summed E-state index contributed by atoms with van der Waals surface area (Å²) in [5, 5.41) is 10.3. The molecule has 0 saturated carbocycles. The van der Waals surface area contributed by atoms with Gasteiger partial charge in [0, 0.05) is 25.8 Å². The lowest BCUT2D eigenvalue weighted by Crippen LogP contribution is -2.57. The first-order valence-corrected chi connectivity index (χ1v) is 13.5. The fraction of sp³-hybridized carbons (Fsp3) is 0.258. The number of rotatable bonds is 6. The van der Waals surface area contributed by atoms with Gasteiger partial charge in [-0.2, -0.15) is 9.97 Å². The van der Waals surface area contributed by atoms with Crippen LogP contribution in [0.5, 0.6) is 11.8 Å². The van der Waals surface area contributed by atoms with Crippen LogP contribution in [-0.2, 0) is 11.3 Å². The molecule has 2 aliphatic heterocycles. The van der Waals surface area contributed by atoms with Gasteiger partial charge >= 0.3 is 6.03 Å². The highest BCUT2D eigenvalue weighted by Gasteiger charge is 2.60. The van der Waals surface area contributed by atoms with Gasteiger partial charge in [-0.1, -0.05) is 48.5 Å². The molecule has 2 fully saturated rings. The van der Waals surface area contributed by atoms with Gasteiger partial charge in [0.05, 0.1) is 24.6 Å². The van der Waals surface area contributed by atoms with E-state index < -0.39 is 11.6 Å². The first-order valence-electron chi connectivity index (χ1n) is 13.5. The summed E-state index contributed by atoms with van der Waals surface area (Å²) in [4.78, 5) is 46.1. The lowest BCUT2D eigenvalue weighted by atomic mass is 9.85. The molecular weight excluding hydrogens is 520 g/mol. The fourth-order valence-corrected chi connectivity index (χ4v) is 5.63. The number of pyridine rings is 1. The molecule has 208 valence electrons. The number of nitrogens with zero attached hydrogens (tertiary/aromatic N) is 6. The van der Waals surface area contributed by atoms with E-state index >= 15 is 0 Å². The number of ether oxygens (including phenoxy) is 1. The van der Waals surface area contributed by atoms with Gasteiger partial charge < -0.3 is 9.84 Å². The number of amides is 3. The summed E-state index contributed by atoms with van der Waals surface area (Å²) in [5.41, 5.74) is 3.33. The van der Waals surface area contributed by atoms with Crippen molar-refractivity contribution < 1.29 is 19.4 Å². The van der Waals surface area contributed by atoms with E-state index in [4.69, 9.17) is 4.74 Å². The smallest absolute Gasteiger partial charge is 0.339 e. The molecule has 2 aromatic carbocycles. The van der Waals surface area contributed by atoms with Crippen molar-refractivity contribution in [1.82, 2.24) is 19.9 Å². The summed E-state index contributed by atoms with van der Waals surface area (Å²) in [6.07, 6.45) is 2.51. The van der Waals surface area contributed by atoms with Crippen molar-refractivity contribution in [2.24, 2.45) is 0 Å². The summed E-state index contributed by atoms with van der Waals surface area (Å²) in [7, 11) is 1.41. The number of aromatic nitrogens is 3. The predicted octanol–water partition coefficient (Wildman–Crippen LogP) is 4.57. The Morgan fingerprint density at radius 2 is 1.63 bits per heavy atom. The molecule has 10 heteroatoms. The minimum atomic E-state index is -1.22. The number of urea groups is 1. The van der Waals surface area contributed by atoms with E-state index in [9.17, 15) is 14.7 Å². The summed E-state index contributed by atoms with van der Waals surface area (Å²) in [6, 6.07) is 21.9. The summed E-state index contributed by atoms with van der Waals surface area (Å²) >= 11 is 0. The van der Waals surface area contributed by atoms with E-state index in [1.54, 1.807) is 18.3 Å². The second-order valence-electron chi connectivity index (χ2n) is 10.3. The van der Waals surface area contributed by atoms with Crippen molar-refractivity contribution in [2.45, 2.75) is 31.8 Å². The van der Waals surface area contributed by atoms with Gasteiger partial charge in [-0.05, 0) is 54.7 Å². The molecule has 0 radical (unpaired) electrons. The monoisotopic (exact) mass is 550 g/mol. The van der Waals surface area contributed by atoms with Crippen LogP contribution in [0.1, 0.15) is 24.1 Å². The van der Waals surface area contributed by atoms with Crippen LogP contribution in [0.3, 0.4) is 0 Å². The molecule has 10 nitrogen and oxygen atoms in total. The first-order chi connectivity index (χ1) is 19.9. The van der Waals surface area contributed by atoms with Crippen LogP contribution in [0.4, 0.5) is 16.4 Å². The Labute approximate surface area is 237 Å². The zero-order chi connectivity index (χ0) is 28.6. The molecule has 41 heavy (non-hydrogen) atoms. The molecule has 0 aliphatic carbocycles. The molecule has 1 N–H and O–H groups in total. The maximum Gasteiger partial charge on any atom is 0.339 e. The van der Waals surface area contributed by atoms with Crippen molar-refractivity contribution in [1.29, 1.82) is 0 Å². The molecular formula is C31H30N6O4. The molecule has 1 spiro atoms. The van der Waals surface area contributed by atoms with Gasteiger partial charge in [0.2, 0.25) is 17.7 Å². The third-order valence-electron chi connectivity index (χ3n) is 7.91. The van der Waals surface area contributed by atoms with Gasteiger partial charge in [-0.25, -0.2) is 14.6 Å². The number of hydrogen-bond donors (Lipinski definition) is 1. The highest BCUT2D eigenvalue weighted by Crippen LogP contribution is 2.42. The second-order valence-corrected chi connectivity index (χ2v) is 10.3. The SMILES string of the molecule is COc1cc(O)nc(N2C(=O)N(c3ccc(-c4ccccc4)cc3)C(=O)C23CCN(Cc2ncccc2C)CC3)n1. The Morgan fingerprint density at radius 1 is 0.927 bits per heavy atom. The topological polar surface area (TPSA) is 112 Å². The summed E-state index contributed by atoms with van der Waals surface area (Å²) in [6.45, 7) is 3.79. The molecule has 0 atom stereocenters. The van der Waals surface area contributed by atoms with Crippen LogP contribution >= 0.6 is 0 Å². The molecule has 4 heterocycles. The third-order valence-corrected chi connectivity index (χ3v) is 7.91. The minimum Gasteiger partial charge on any atom is -0.493 e. The van der Waals surface area contributed by atoms with Gasteiger partial charge in [-0.3, -0.25) is 14.7 Å². The summed E-state index contributed by atoms with van der Waals surface area (Å²) < 4.78 is 5.23. The van der Waals surface area contributed by atoms with Crippen molar-refractivity contribution >= 4 is 23.6 Å². The number of benzene rings is 2. The molecule has 6 rings (SSSR count). The Bertz CT molecular complexity index is 1590. The largest absolute Gasteiger partial charge is 0.493 e. The highest BCUT2D eigenvalue weighted by atomic mass is 16.5. The zero-order valence-electron chi connectivity index (χ0n) is 22.9. The maximum absolute atomic E-state index is 14.3. The number of piperidine rings is 1. The van der Waals surface area contributed by atoms with Gasteiger partial charge in [0.1, 0.15) is 5.54 Å². The number of aryl methyl sites for hydroxylation is 1. The average molecular weight is 551 g/mol. The number of aromatic hydroxyl groups is 1. The van der Waals surface area contributed by atoms with Crippen LogP contribution in [0.2, 0.25) is 0 Å². The zero-order valence-corrected chi connectivity index (χ0v) is 22.9. The molecule has 3 amide bonds. The van der Waals surface area contributed by atoms with E-state index in [1.807, 2.05) is 61.5 Å². The average Bonchev–Trinajstić information content (AvgIpc) is 3.20. The molecule has 2 aromatic heterocycles. The summed E-state index contributed by atoms with van der Waals surface area (Å²) in [5.74, 6) is -0.667. The van der Waals surface area contributed by atoms with Gasteiger partial charge in [0.15, 0.2) is 0 Å². The lowest BCUT2D eigenvalue weighted by Gasteiger charge is -2.41.